The van der Waals surface area contributed by atoms with Crippen LogP contribution < -0.4 is 0 Å². The van der Waals surface area contributed by atoms with Crippen LogP contribution in [0.5, 0.6) is 0 Å². The van der Waals surface area contributed by atoms with Crippen LogP contribution in [-0.4, -0.2) is 36.0 Å². The van der Waals surface area contributed by atoms with Crippen molar-refractivity contribution in [1.82, 2.24) is 0 Å². The summed E-state index contributed by atoms with van der Waals surface area (Å²) in [5.41, 5.74) is -0.741. The fraction of sp³-hybridized carbons (Fsp3) is 0.941. The maximum atomic E-state index is 11.7. The van der Waals surface area contributed by atoms with Crippen LogP contribution in [0.1, 0.15) is 71.1 Å². The van der Waals surface area contributed by atoms with Gasteiger partial charge in [-0.25, -0.2) is 0 Å². The molecule has 122 valence electrons. The van der Waals surface area contributed by atoms with Crippen LogP contribution in [0.4, 0.5) is 0 Å². The zero-order valence-electron chi connectivity index (χ0n) is 13.3. The highest BCUT2D eigenvalue weighted by Gasteiger charge is 2.37. The molecule has 0 aliphatic heterocycles. The summed E-state index contributed by atoms with van der Waals surface area (Å²) >= 11 is 0. The number of ether oxygens (including phenoxy) is 2. The van der Waals surface area contributed by atoms with Gasteiger partial charge in [0.05, 0.1) is 30.8 Å². The van der Waals surface area contributed by atoms with E-state index in [1.54, 1.807) is 0 Å². The van der Waals surface area contributed by atoms with Gasteiger partial charge in [0.25, 0.3) is 0 Å². The van der Waals surface area contributed by atoms with E-state index in [0.717, 1.165) is 12.8 Å². The highest BCUT2D eigenvalue weighted by atomic mass is 16.5. The van der Waals surface area contributed by atoms with Gasteiger partial charge < -0.3 is 14.6 Å². The Labute approximate surface area is 128 Å². The Hall–Kier alpha value is -0.610. The Bertz CT molecular complexity index is 313. The molecule has 2 rings (SSSR count). The Morgan fingerprint density at radius 1 is 1.10 bits per heavy atom. The molecule has 0 heterocycles. The minimum absolute atomic E-state index is 0.0388. The monoisotopic (exact) mass is 298 g/mol. The summed E-state index contributed by atoms with van der Waals surface area (Å²) in [7, 11) is 0. The standard InChI is InChI=1S/C17H30O4/c1-2-20-16(18)14-9-11-17(19,12-10-14)13-21-15-7-5-3-4-6-8-15/h14-15,19H,2-13H2,1H3. The van der Waals surface area contributed by atoms with E-state index in [9.17, 15) is 9.90 Å². The molecule has 2 aliphatic rings. The van der Waals surface area contributed by atoms with Gasteiger partial charge in [0.2, 0.25) is 0 Å². The number of hydrogen-bond acceptors (Lipinski definition) is 4. The number of rotatable bonds is 5. The lowest BCUT2D eigenvalue weighted by Gasteiger charge is -2.35. The third-order valence-electron chi connectivity index (χ3n) is 4.93. The van der Waals surface area contributed by atoms with E-state index in [1.165, 1.54) is 25.7 Å². The predicted molar refractivity (Wildman–Crippen MR) is 81.0 cm³/mol. The summed E-state index contributed by atoms with van der Waals surface area (Å²) in [6.07, 6.45) is 10.4. The largest absolute Gasteiger partial charge is 0.466 e. The lowest BCUT2D eigenvalue weighted by atomic mass is 9.79. The Morgan fingerprint density at radius 3 is 2.29 bits per heavy atom. The van der Waals surface area contributed by atoms with E-state index in [-0.39, 0.29) is 11.9 Å². The zero-order valence-corrected chi connectivity index (χ0v) is 13.3. The highest BCUT2D eigenvalue weighted by molar-refractivity contribution is 5.72. The molecule has 4 heteroatoms. The van der Waals surface area contributed by atoms with Gasteiger partial charge in [-0.1, -0.05) is 25.7 Å². The lowest BCUT2D eigenvalue weighted by Crippen LogP contribution is -2.41. The minimum Gasteiger partial charge on any atom is -0.466 e. The summed E-state index contributed by atoms with van der Waals surface area (Å²) in [6, 6.07) is 0. The van der Waals surface area contributed by atoms with E-state index in [0.29, 0.717) is 45.0 Å². The summed E-state index contributed by atoms with van der Waals surface area (Å²) in [5.74, 6) is -0.146. The van der Waals surface area contributed by atoms with Crippen molar-refractivity contribution in [3.05, 3.63) is 0 Å². The Kier molecular flexibility index (Phi) is 6.49. The topological polar surface area (TPSA) is 55.8 Å². The first-order valence-corrected chi connectivity index (χ1v) is 8.63. The summed E-state index contributed by atoms with van der Waals surface area (Å²) < 4.78 is 11.0. The Morgan fingerprint density at radius 2 is 1.71 bits per heavy atom. The predicted octanol–water partition coefficient (Wildman–Crippen LogP) is 3.21. The van der Waals surface area contributed by atoms with Gasteiger partial charge in [0.1, 0.15) is 0 Å². The fourth-order valence-corrected chi connectivity index (χ4v) is 3.48. The molecule has 21 heavy (non-hydrogen) atoms. The number of hydrogen-bond donors (Lipinski definition) is 1. The number of carbonyl (C=O) groups excluding carboxylic acids is 1. The van der Waals surface area contributed by atoms with Crippen LogP contribution >= 0.6 is 0 Å². The molecule has 0 unspecified atom stereocenters. The molecular formula is C17H30O4. The van der Waals surface area contributed by atoms with E-state index in [2.05, 4.69) is 0 Å². The number of esters is 1. The molecule has 0 radical (unpaired) electrons. The van der Waals surface area contributed by atoms with E-state index < -0.39 is 5.60 Å². The maximum Gasteiger partial charge on any atom is 0.308 e. The SMILES string of the molecule is CCOC(=O)C1CCC(O)(COC2CCCCCC2)CC1. The van der Waals surface area contributed by atoms with Crippen molar-refractivity contribution >= 4 is 5.97 Å². The molecule has 2 fully saturated rings. The number of carbonyl (C=O) groups is 1. The van der Waals surface area contributed by atoms with Crippen molar-refractivity contribution < 1.29 is 19.4 Å². The van der Waals surface area contributed by atoms with Crippen molar-refractivity contribution in [3.8, 4) is 0 Å². The average molecular weight is 298 g/mol. The summed E-state index contributed by atoms with van der Waals surface area (Å²) in [5, 5.41) is 10.6. The van der Waals surface area contributed by atoms with Crippen LogP contribution in [0.25, 0.3) is 0 Å². The van der Waals surface area contributed by atoms with Crippen molar-refractivity contribution in [1.29, 1.82) is 0 Å². The summed E-state index contributed by atoms with van der Waals surface area (Å²) in [4.78, 5) is 11.7. The highest BCUT2D eigenvalue weighted by Crippen LogP contribution is 2.34. The molecule has 0 saturated heterocycles. The molecular weight excluding hydrogens is 268 g/mol. The normalized spacial score (nSPS) is 31.6. The molecule has 0 bridgehead atoms. The first-order valence-electron chi connectivity index (χ1n) is 8.63. The molecule has 2 aliphatic carbocycles. The summed E-state index contributed by atoms with van der Waals surface area (Å²) in [6.45, 7) is 2.69. The van der Waals surface area contributed by atoms with Gasteiger partial charge in [-0.05, 0) is 45.4 Å². The van der Waals surface area contributed by atoms with Gasteiger partial charge in [-0.15, -0.1) is 0 Å². The molecule has 0 aromatic carbocycles. The third kappa shape index (κ3) is 5.26. The van der Waals surface area contributed by atoms with Gasteiger partial charge in [0, 0.05) is 0 Å². The van der Waals surface area contributed by atoms with Crippen LogP contribution in [0, 0.1) is 5.92 Å². The average Bonchev–Trinajstić information content (AvgIpc) is 2.75. The fourth-order valence-electron chi connectivity index (χ4n) is 3.48. The maximum absolute atomic E-state index is 11.7. The molecule has 0 atom stereocenters. The second-order valence-corrected chi connectivity index (χ2v) is 6.68. The third-order valence-corrected chi connectivity index (χ3v) is 4.93. The minimum atomic E-state index is -0.741. The molecule has 4 nitrogen and oxygen atoms in total. The molecule has 0 amide bonds. The molecule has 1 N–H and O–H groups in total. The molecule has 0 aromatic rings. The van der Waals surface area contributed by atoms with Crippen molar-refractivity contribution in [2.75, 3.05) is 13.2 Å². The van der Waals surface area contributed by atoms with Crippen LogP contribution in [0.2, 0.25) is 0 Å². The zero-order chi connectivity index (χ0) is 15.1. The van der Waals surface area contributed by atoms with Gasteiger partial charge >= 0.3 is 5.97 Å². The van der Waals surface area contributed by atoms with Crippen molar-refractivity contribution in [2.24, 2.45) is 5.92 Å². The lowest BCUT2D eigenvalue weighted by molar-refractivity contribution is -0.153. The van der Waals surface area contributed by atoms with Crippen molar-refractivity contribution in [2.45, 2.75) is 82.8 Å². The second kappa shape index (κ2) is 8.14. The van der Waals surface area contributed by atoms with Gasteiger partial charge in [0.15, 0.2) is 0 Å². The first-order chi connectivity index (χ1) is 10.1. The van der Waals surface area contributed by atoms with Crippen LogP contribution in [-0.2, 0) is 14.3 Å². The first kappa shape index (κ1) is 16.8. The van der Waals surface area contributed by atoms with Gasteiger partial charge in [-0.2, -0.15) is 0 Å². The van der Waals surface area contributed by atoms with Crippen LogP contribution in [0.15, 0.2) is 0 Å². The second-order valence-electron chi connectivity index (χ2n) is 6.68. The Balaban J connectivity index is 1.72. The molecule has 0 aromatic heterocycles. The van der Waals surface area contributed by atoms with E-state index in [4.69, 9.17) is 9.47 Å². The molecule has 0 spiro atoms. The smallest absolute Gasteiger partial charge is 0.308 e. The quantitative estimate of drug-likeness (QED) is 0.625. The van der Waals surface area contributed by atoms with E-state index >= 15 is 0 Å². The van der Waals surface area contributed by atoms with Gasteiger partial charge in [-0.3, -0.25) is 4.79 Å². The number of aliphatic hydroxyl groups is 1. The molecule has 2 saturated carbocycles. The van der Waals surface area contributed by atoms with Crippen molar-refractivity contribution in [3.63, 3.8) is 0 Å². The van der Waals surface area contributed by atoms with Crippen LogP contribution in [0.3, 0.4) is 0 Å². The van der Waals surface area contributed by atoms with E-state index in [1.807, 2.05) is 6.92 Å².